The average Bonchev–Trinajstić information content (AvgIpc) is 2.84. The molecule has 0 amide bonds. The zero-order chi connectivity index (χ0) is 12.4. The smallest absolute Gasteiger partial charge is 0.304 e. The van der Waals surface area contributed by atoms with E-state index in [0.29, 0.717) is 0 Å². The second-order valence-electron chi connectivity index (χ2n) is 3.71. The molecule has 2 heterocycles. The van der Waals surface area contributed by atoms with Crippen LogP contribution in [0.2, 0.25) is 0 Å². The molecule has 0 aliphatic rings. The average molecular weight is 315 g/mol. The molecule has 6 heteroatoms. The fourth-order valence-electron chi connectivity index (χ4n) is 1.72. The topological polar surface area (TPSA) is 55.1 Å². The summed E-state index contributed by atoms with van der Waals surface area (Å²) >= 11 is 4.93. The first-order valence-electron chi connectivity index (χ1n) is 5.01. The number of imidazole rings is 1. The second-order valence-corrected chi connectivity index (χ2v) is 5.57. The van der Waals surface area contributed by atoms with Gasteiger partial charge < -0.3 is 9.67 Å². The molecular weight excluding hydrogens is 304 g/mol. The summed E-state index contributed by atoms with van der Waals surface area (Å²) in [7, 11) is 1.87. The Bertz CT molecular complexity index is 535. The molecule has 0 aliphatic heterocycles. The van der Waals surface area contributed by atoms with Crippen molar-refractivity contribution in [2.24, 2.45) is 7.05 Å². The second kappa shape index (κ2) is 5.01. The zero-order valence-electron chi connectivity index (χ0n) is 9.13. The Morgan fingerprint density at radius 2 is 2.47 bits per heavy atom. The van der Waals surface area contributed by atoms with E-state index in [1.165, 1.54) is 0 Å². The number of nitrogens with zero attached hydrogens (tertiary/aromatic N) is 2. The molecule has 1 atom stereocenters. The Kier molecular flexibility index (Phi) is 3.63. The predicted molar refractivity (Wildman–Crippen MR) is 69.3 cm³/mol. The Morgan fingerprint density at radius 3 is 2.94 bits per heavy atom. The minimum atomic E-state index is -0.817. The zero-order valence-corrected chi connectivity index (χ0v) is 11.5. The Balaban J connectivity index is 2.38. The molecule has 0 saturated carbocycles. The van der Waals surface area contributed by atoms with Gasteiger partial charge in [-0.1, -0.05) is 0 Å². The lowest BCUT2D eigenvalue weighted by Gasteiger charge is -2.12. The number of rotatable bonds is 4. The molecule has 1 unspecified atom stereocenters. The van der Waals surface area contributed by atoms with Crippen molar-refractivity contribution >= 4 is 33.2 Å². The van der Waals surface area contributed by atoms with Crippen LogP contribution in [0.5, 0.6) is 0 Å². The van der Waals surface area contributed by atoms with E-state index in [-0.39, 0.29) is 12.3 Å². The maximum atomic E-state index is 11.0. The van der Waals surface area contributed by atoms with E-state index in [4.69, 9.17) is 5.11 Å². The first-order valence-corrected chi connectivity index (χ1v) is 6.68. The molecule has 2 aromatic rings. The molecular formula is C11H11BrN2O2S. The van der Waals surface area contributed by atoms with Crippen LogP contribution in [0.4, 0.5) is 0 Å². The molecule has 0 bridgehead atoms. The minimum absolute atomic E-state index is 0.0534. The van der Waals surface area contributed by atoms with Crippen molar-refractivity contribution < 1.29 is 9.90 Å². The number of hydrogen-bond acceptors (Lipinski definition) is 3. The maximum absolute atomic E-state index is 11.0. The lowest BCUT2D eigenvalue weighted by atomic mass is 10.0. The standard InChI is InChI=1S/C11H11BrN2O2S/c1-14-3-2-13-11(14)8(5-10(15)16)9-4-7(12)6-17-9/h2-4,6,8H,5H2,1H3,(H,15,16). The van der Waals surface area contributed by atoms with Gasteiger partial charge in [-0.15, -0.1) is 11.3 Å². The predicted octanol–water partition coefficient (Wildman–Crippen LogP) is 2.85. The molecule has 0 fully saturated rings. The molecule has 1 N–H and O–H groups in total. The molecule has 0 aliphatic carbocycles. The van der Waals surface area contributed by atoms with Gasteiger partial charge in [0.05, 0.1) is 12.3 Å². The fraction of sp³-hybridized carbons (Fsp3) is 0.273. The minimum Gasteiger partial charge on any atom is -0.481 e. The van der Waals surface area contributed by atoms with Crippen LogP contribution in [0.15, 0.2) is 28.3 Å². The van der Waals surface area contributed by atoms with Crippen molar-refractivity contribution in [2.45, 2.75) is 12.3 Å². The van der Waals surface area contributed by atoms with Crippen LogP contribution in [-0.2, 0) is 11.8 Å². The van der Waals surface area contributed by atoms with Gasteiger partial charge in [-0.3, -0.25) is 4.79 Å². The number of carboxylic acids is 1. The number of carboxylic acid groups (broad SMARTS) is 1. The lowest BCUT2D eigenvalue weighted by Crippen LogP contribution is -2.11. The highest BCUT2D eigenvalue weighted by molar-refractivity contribution is 9.10. The number of hydrogen-bond donors (Lipinski definition) is 1. The van der Waals surface area contributed by atoms with Gasteiger partial charge in [-0.05, 0) is 22.0 Å². The largest absolute Gasteiger partial charge is 0.481 e. The normalized spacial score (nSPS) is 12.6. The summed E-state index contributed by atoms with van der Waals surface area (Å²) < 4.78 is 2.84. The van der Waals surface area contributed by atoms with Crippen LogP contribution in [0.3, 0.4) is 0 Å². The van der Waals surface area contributed by atoms with E-state index in [2.05, 4.69) is 20.9 Å². The van der Waals surface area contributed by atoms with Gasteiger partial charge in [0.2, 0.25) is 0 Å². The highest BCUT2D eigenvalue weighted by Gasteiger charge is 2.22. The summed E-state index contributed by atoms with van der Waals surface area (Å²) in [6, 6.07) is 1.95. The van der Waals surface area contributed by atoms with E-state index < -0.39 is 5.97 Å². The molecule has 0 radical (unpaired) electrons. The van der Waals surface area contributed by atoms with Gasteiger partial charge in [0.15, 0.2) is 0 Å². The fourth-order valence-corrected chi connectivity index (χ4v) is 3.26. The summed E-state index contributed by atoms with van der Waals surface area (Å²) in [5.74, 6) is -0.229. The lowest BCUT2D eigenvalue weighted by molar-refractivity contribution is -0.137. The molecule has 2 aromatic heterocycles. The van der Waals surface area contributed by atoms with Crippen LogP contribution in [-0.4, -0.2) is 20.6 Å². The van der Waals surface area contributed by atoms with Gasteiger partial charge in [-0.2, -0.15) is 0 Å². The van der Waals surface area contributed by atoms with Crippen molar-refractivity contribution in [2.75, 3.05) is 0 Å². The number of carbonyl (C=O) groups is 1. The molecule has 2 rings (SSSR count). The van der Waals surface area contributed by atoms with Crippen molar-refractivity contribution in [3.63, 3.8) is 0 Å². The van der Waals surface area contributed by atoms with Gasteiger partial charge >= 0.3 is 5.97 Å². The molecule has 17 heavy (non-hydrogen) atoms. The number of aromatic nitrogens is 2. The van der Waals surface area contributed by atoms with Gasteiger partial charge in [0.1, 0.15) is 5.82 Å². The van der Waals surface area contributed by atoms with E-state index >= 15 is 0 Å². The first-order chi connectivity index (χ1) is 8.08. The third kappa shape index (κ3) is 2.76. The van der Waals surface area contributed by atoms with Gasteiger partial charge in [-0.25, -0.2) is 4.98 Å². The van der Waals surface area contributed by atoms with Crippen LogP contribution in [0.1, 0.15) is 23.0 Å². The Hall–Kier alpha value is -1.14. The Labute approximate surface area is 111 Å². The quantitative estimate of drug-likeness (QED) is 0.944. The summed E-state index contributed by atoms with van der Waals surface area (Å²) in [6.07, 6.45) is 3.57. The maximum Gasteiger partial charge on any atom is 0.304 e. The Morgan fingerprint density at radius 1 is 1.71 bits per heavy atom. The number of aryl methyl sites for hydroxylation is 1. The number of halogens is 1. The molecule has 90 valence electrons. The van der Waals surface area contributed by atoms with Crippen molar-refractivity contribution in [3.05, 3.63) is 39.0 Å². The molecule has 4 nitrogen and oxygen atoms in total. The van der Waals surface area contributed by atoms with Crippen LogP contribution < -0.4 is 0 Å². The first kappa shape index (κ1) is 12.3. The van der Waals surface area contributed by atoms with E-state index in [1.54, 1.807) is 17.5 Å². The highest BCUT2D eigenvalue weighted by Crippen LogP contribution is 2.33. The SMILES string of the molecule is Cn1ccnc1C(CC(=O)O)c1cc(Br)cs1. The summed E-state index contributed by atoms with van der Waals surface area (Å²) in [5.41, 5.74) is 0. The van der Waals surface area contributed by atoms with Gasteiger partial charge in [0.25, 0.3) is 0 Å². The summed E-state index contributed by atoms with van der Waals surface area (Å²) in [5, 5.41) is 10.9. The van der Waals surface area contributed by atoms with Crippen molar-refractivity contribution in [1.82, 2.24) is 9.55 Å². The molecule has 0 aromatic carbocycles. The van der Waals surface area contributed by atoms with E-state index in [0.717, 1.165) is 15.2 Å². The number of thiophene rings is 1. The van der Waals surface area contributed by atoms with E-state index in [1.807, 2.05) is 29.3 Å². The van der Waals surface area contributed by atoms with Crippen molar-refractivity contribution in [3.8, 4) is 0 Å². The van der Waals surface area contributed by atoms with Crippen LogP contribution >= 0.6 is 27.3 Å². The molecule has 0 saturated heterocycles. The van der Waals surface area contributed by atoms with Crippen molar-refractivity contribution in [1.29, 1.82) is 0 Å². The highest BCUT2D eigenvalue weighted by atomic mass is 79.9. The molecule has 0 spiro atoms. The summed E-state index contributed by atoms with van der Waals surface area (Å²) in [6.45, 7) is 0. The summed E-state index contributed by atoms with van der Waals surface area (Å²) in [4.78, 5) is 16.2. The van der Waals surface area contributed by atoms with Crippen LogP contribution in [0, 0.1) is 0 Å². The van der Waals surface area contributed by atoms with E-state index in [9.17, 15) is 4.79 Å². The monoisotopic (exact) mass is 314 g/mol. The third-order valence-corrected chi connectivity index (χ3v) is 4.29. The van der Waals surface area contributed by atoms with Crippen LogP contribution in [0.25, 0.3) is 0 Å². The van der Waals surface area contributed by atoms with Gasteiger partial charge in [0, 0.05) is 34.2 Å². The third-order valence-electron chi connectivity index (χ3n) is 2.48. The number of aliphatic carboxylic acids is 1.